The lowest BCUT2D eigenvalue weighted by Gasteiger charge is -2.33. The number of hydrogen-bond acceptors (Lipinski definition) is 6. The van der Waals surface area contributed by atoms with Gasteiger partial charge >= 0.3 is 0 Å². The van der Waals surface area contributed by atoms with Gasteiger partial charge in [0.1, 0.15) is 6.33 Å². The summed E-state index contributed by atoms with van der Waals surface area (Å²) < 4.78 is 5.41. The molecular weight excluding hydrogens is 258 g/mol. The highest BCUT2D eigenvalue weighted by Crippen LogP contribution is 2.33. The molecule has 2 rings (SSSR count). The number of nitrogens with one attached hydrogen (secondary N) is 2. The molecule has 2 heterocycles. The Morgan fingerprint density at radius 2 is 2.25 bits per heavy atom. The van der Waals surface area contributed by atoms with Crippen molar-refractivity contribution in [3.05, 3.63) is 6.33 Å². The topological polar surface area (TPSA) is 79.4 Å². The van der Waals surface area contributed by atoms with Crippen LogP contribution >= 0.6 is 0 Å². The second kappa shape index (κ2) is 6.40. The van der Waals surface area contributed by atoms with E-state index in [-0.39, 0.29) is 11.8 Å². The predicted molar refractivity (Wildman–Crippen MR) is 77.1 cm³/mol. The number of carbonyl (C=O) groups excluding carboxylic acids is 1. The summed E-state index contributed by atoms with van der Waals surface area (Å²) in [6, 6.07) is 0. The quantitative estimate of drug-likeness (QED) is 0.835. The average Bonchev–Trinajstić information content (AvgIpc) is 2.53. The Morgan fingerprint density at radius 3 is 2.90 bits per heavy atom. The maximum Gasteiger partial charge on any atom is 0.224 e. The molecular formula is C13H21N5O2. The highest BCUT2D eigenvalue weighted by molar-refractivity contribution is 5.79. The van der Waals surface area contributed by atoms with E-state index in [9.17, 15) is 4.79 Å². The van der Waals surface area contributed by atoms with Gasteiger partial charge in [-0.1, -0.05) is 0 Å². The number of methoxy groups -OCH3 is 1. The van der Waals surface area contributed by atoms with Crippen LogP contribution in [0.25, 0.3) is 0 Å². The molecule has 1 atom stereocenters. The Bertz CT molecular complexity index is 480. The molecule has 0 aromatic carbocycles. The van der Waals surface area contributed by atoms with Gasteiger partial charge in [-0.25, -0.2) is 9.97 Å². The SMILES string of the molecule is CNC(=O)C1CCCN(c2ncnc(NC)c2OC)C1. The van der Waals surface area contributed by atoms with Crippen molar-refractivity contribution in [3.8, 4) is 5.75 Å². The smallest absolute Gasteiger partial charge is 0.224 e. The summed E-state index contributed by atoms with van der Waals surface area (Å²) in [6.07, 6.45) is 3.37. The Kier molecular flexibility index (Phi) is 4.60. The van der Waals surface area contributed by atoms with Crippen LogP contribution in [0.2, 0.25) is 0 Å². The zero-order valence-corrected chi connectivity index (χ0v) is 12.1. The minimum Gasteiger partial charge on any atom is -0.490 e. The first-order valence-corrected chi connectivity index (χ1v) is 6.74. The molecule has 1 aliphatic heterocycles. The maximum absolute atomic E-state index is 11.8. The van der Waals surface area contributed by atoms with Crippen molar-refractivity contribution in [2.45, 2.75) is 12.8 Å². The highest BCUT2D eigenvalue weighted by atomic mass is 16.5. The summed E-state index contributed by atoms with van der Waals surface area (Å²) >= 11 is 0. The lowest BCUT2D eigenvalue weighted by Crippen LogP contribution is -2.42. The number of aromatic nitrogens is 2. The van der Waals surface area contributed by atoms with Gasteiger partial charge in [0.2, 0.25) is 11.7 Å². The van der Waals surface area contributed by atoms with Crippen LogP contribution in [-0.4, -0.2) is 50.2 Å². The number of nitrogens with zero attached hydrogens (tertiary/aromatic N) is 3. The van der Waals surface area contributed by atoms with Crippen LogP contribution in [0.4, 0.5) is 11.6 Å². The largest absolute Gasteiger partial charge is 0.490 e. The van der Waals surface area contributed by atoms with Crippen molar-refractivity contribution >= 4 is 17.5 Å². The van der Waals surface area contributed by atoms with Crippen molar-refractivity contribution in [2.24, 2.45) is 5.92 Å². The maximum atomic E-state index is 11.8. The lowest BCUT2D eigenvalue weighted by atomic mass is 9.97. The van der Waals surface area contributed by atoms with Crippen LogP contribution in [-0.2, 0) is 4.79 Å². The Balaban J connectivity index is 2.24. The van der Waals surface area contributed by atoms with Crippen LogP contribution in [0.15, 0.2) is 6.33 Å². The molecule has 0 aliphatic carbocycles. The first-order chi connectivity index (χ1) is 9.71. The highest BCUT2D eigenvalue weighted by Gasteiger charge is 2.28. The molecule has 1 aromatic rings. The number of anilines is 2. The summed E-state index contributed by atoms with van der Waals surface area (Å²) in [5, 5.41) is 5.70. The fourth-order valence-electron chi connectivity index (χ4n) is 2.54. The molecule has 20 heavy (non-hydrogen) atoms. The van der Waals surface area contributed by atoms with Gasteiger partial charge in [0, 0.05) is 27.2 Å². The Labute approximate surface area is 118 Å². The van der Waals surface area contributed by atoms with Crippen molar-refractivity contribution in [2.75, 3.05) is 44.5 Å². The van der Waals surface area contributed by atoms with Gasteiger partial charge in [-0.05, 0) is 12.8 Å². The van der Waals surface area contributed by atoms with E-state index in [0.29, 0.717) is 18.1 Å². The van der Waals surface area contributed by atoms with E-state index in [2.05, 4.69) is 25.5 Å². The van der Waals surface area contributed by atoms with Gasteiger partial charge in [-0.2, -0.15) is 0 Å². The van der Waals surface area contributed by atoms with Crippen LogP contribution in [0.3, 0.4) is 0 Å². The second-order valence-electron chi connectivity index (χ2n) is 4.73. The first kappa shape index (κ1) is 14.4. The summed E-state index contributed by atoms with van der Waals surface area (Å²) in [5.74, 6) is 2.08. The summed E-state index contributed by atoms with van der Waals surface area (Å²) in [7, 11) is 5.06. The van der Waals surface area contributed by atoms with Crippen molar-refractivity contribution in [1.29, 1.82) is 0 Å². The number of rotatable bonds is 4. The number of carbonyl (C=O) groups is 1. The molecule has 1 saturated heterocycles. The molecule has 1 aromatic heterocycles. The summed E-state index contributed by atoms with van der Waals surface area (Å²) in [6.45, 7) is 1.51. The summed E-state index contributed by atoms with van der Waals surface area (Å²) in [4.78, 5) is 22.4. The van der Waals surface area contributed by atoms with Gasteiger partial charge in [0.25, 0.3) is 0 Å². The predicted octanol–water partition coefficient (Wildman–Crippen LogP) is 0.489. The van der Waals surface area contributed by atoms with E-state index in [1.54, 1.807) is 21.2 Å². The van der Waals surface area contributed by atoms with Gasteiger partial charge in [0.05, 0.1) is 13.0 Å². The molecule has 7 nitrogen and oxygen atoms in total. The van der Waals surface area contributed by atoms with Gasteiger partial charge in [-0.15, -0.1) is 0 Å². The standard InChI is InChI=1S/C13H21N5O2/c1-14-11-10(20-3)12(17-8-16-11)18-6-4-5-9(7-18)13(19)15-2/h8-9H,4-7H2,1-3H3,(H,15,19)(H,14,16,17). The number of hydrogen-bond donors (Lipinski definition) is 2. The number of piperidine rings is 1. The van der Waals surface area contributed by atoms with Crippen LogP contribution in [0, 0.1) is 5.92 Å². The van der Waals surface area contributed by atoms with Gasteiger partial charge in [0.15, 0.2) is 11.6 Å². The van der Waals surface area contributed by atoms with Crippen molar-refractivity contribution < 1.29 is 9.53 Å². The third-order valence-electron chi connectivity index (χ3n) is 3.56. The lowest BCUT2D eigenvalue weighted by molar-refractivity contribution is -0.124. The Hall–Kier alpha value is -2.05. The first-order valence-electron chi connectivity index (χ1n) is 6.74. The monoisotopic (exact) mass is 279 g/mol. The number of amides is 1. The fraction of sp³-hybridized carbons (Fsp3) is 0.615. The third kappa shape index (κ3) is 2.76. The van der Waals surface area contributed by atoms with Crippen LogP contribution in [0.5, 0.6) is 5.75 Å². The summed E-state index contributed by atoms with van der Waals surface area (Å²) in [5.41, 5.74) is 0. The fourth-order valence-corrected chi connectivity index (χ4v) is 2.54. The van der Waals surface area contributed by atoms with E-state index in [0.717, 1.165) is 25.2 Å². The molecule has 110 valence electrons. The zero-order valence-electron chi connectivity index (χ0n) is 12.1. The minimum absolute atomic E-state index is 0.00791. The second-order valence-corrected chi connectivity index (χ2v) is 4.73. The molecule has 1 fully saturated rings. The van der Waals surface area contributed by atoms with Crippen molar-refractivity contribution in [1.82, 2.24) is 15.3 Å². The zero-order chi connectivity index (χ0) is 14.5. The van der Waals surface area contributed by atoms with E-state index in [1.165, 1.54) is 6.33 Å². The Morgan fingerprint density at radius 1 is 1.45 bits per heavy atom. The van der Waals surface area contributed by atoms with E-state index >= 15 is 0 Å². The van der Waals surface area contributed by atoms with E-state index in [1.807, 2.05) is 0 Å². The molecule has 0 saturated carbocycles. The molecule has 1 aliphatic rings. The van der Waals surface area contributed by atoms with E-state index < -0.39 is 0 Å². The average molecular weight is 279 g/mol. The van der Waals surface area contributed by atoms with E-state index in [4.69, 9.17) is 4.74 Å². The molecule has 0 spiro atoms. The van der Waals surface area contributed by atoms with Crippen LogP contribution in [0.1, 0.15) is 12.8 Å². The normalized spacial score (nSPS) is 18.6. The number of ether oxygens (including phenoxy) is 1. The van der Waals surface area contributed by atoms with Gasteiger partial charge < -0.3 is 20.3 Å². The molecule has 1 unspecified atom stereocenters. The molecule has 0 radical (unpaired) electrons. The third-order valence-corrected chi connectivity index (χ3v) is 3.56. The minimum atomic E-state index is -0.00791. The molecule has 0 bridgehead atoms. The van der Waals surface area contributed by atoms with Crippen molar-refractivity contribution in [3.63, 3.8) is 0 Å². The molecule has 2 N–H and O–H groups in total. The molecule has 7 heteroatoms. The van der Waals surface area contributed by atoms with Crippen LogP contribution < -0.4 is 20.3 Å². The molecule has 1 amide bonds. The van der Waals surface area contributed by atoms with Gasteiger partial charge in [-0.3, -0.25) is 4.79 Å².